The van der Waals surface area contributed by atoms with E-state index in [1.54, 1.807) is 6.07 Å². The van der Waals surface area contributed by atoms with Crippen molar-refractivity contribution in [2.75, 3.05) is 0 Å². The Hall–Kier alpha value is -0.610. The van der Waals surface area contributed by atoms with Crippen molar-refractivity contribution in [1.82, 2.24) is 4.72 Å². The van der Waals surface area contributed by atoms with E-state index in [0.717, 1.165) is 49.9 Å². The van der Waals surface area contributed by atoms with Gasteiger partial charge < -0.3 is 4.85 Å². The molecule has 2 saturated carbocycles. The first-order chi connectivity index (χ1) is 9.97. The van der Waals surface area contributed by atoms with Crippen LogP contribution in [-0.4, -0.2) is 20.0 Å². The van der Waals surface area contributed by atoms with Gasteiger partial charge in [0.15, 0.2) is 0 Å². The molecule has 0 aliphatic heterocycles. The zero-order valence-corrected chi connectivity index (χ0v) is 13.9. The van der Waals surface area contributed by atoms with E-state index in [2.05, 4.69) is 9.57 Å². The van der Waals surface area contributed by atoms with Crippen molar-refractivity contribution in [2.24, 2.45) is 5.92 Å². The quantitative estimate of drug-likeness (QED) is 0.850. The number of halogens is 1. The van der Waals surface area contributed by atoms with E-state index in [9.17, 15) is 8.42 Å². The molecular formula is C14H17ClN2O2S2. The van der Waals surface area contributed by atoms with Crippen LogP contribution in [0.25, 0.3) is 4.85 Å². The highest BCUT2D eigenvalue weighted by Crippen LogP contribution is 2.47. The summed E-state index contributed by atoms with van der Waals surface area (Å²) in [6.07, 6.45) is 5.66. The number of nitrogens with one attached hydrogen (secondary N) is 1. The van der Waals surface area contributed by atoms with E-state index in [1.807, 2.05) is 0 Å². The third-order valence-electron chi connectivity index (χ3n) is 4.75. The molecular weight excluding hydrogens is 328 g/mol. The van der Waals surface area contributed by atoms with Gasteiger partial charge in [-0.25, -0.2) is 15.0 Å². The van der Waals surface area contributed by atoms with E-state index in [4.69, 9.17) is 18.2 Å². The number of hydrogen-bond acceptors (Lipinski definition) is 3. The lowest BCUT2D eigenvalue weighted by atomic mass is 9.89. The molecule has 2 fully saturated rings. The van der Waals surface area contributed by atoms with Gasteiger partial charge in [-0.2, -0.15) is 4.72 Å². The molecule has 114 valence electrons. The Labute approximate surface area is 134 Å². The van der Waals surface area contributed by atoms with Crippen molar-refractivity contribution in [3.8, 4) is 0 Å². The summed E-state index contributed by atoms with van der Waals surface area (Å²) in [5.41, 5.74) is -0.546. The Morgan fingerprint density at radius 1 is 1.33 bits per heavy atom. The molecule has 2 aliphatic rings. The van der Waals surface area contributed by atoms with Crippen LogP contribution < -0.4 is 4.72 Å². The molecule has 0 aromatic carbocycles. The average molecular weight is 345 g/mol. The number of rotatable bonds is 3. The fraction of sp³-hybridized carbons (Fsp3) is 0.643. The van der Waals surface area contributed by atoms with E-state index in [0.29, 0.717) is 4.34 Å². The Bertz CT molecular complexity index is 679. The molecule has 1 N–H and O–H groups in total. The predicted octanol–water partition coefficient (Wildman–Crippen LogP) is 3.69. The molecule has 4 nitrogen and oxygen atoms in total. The summed E-state index contributed by atoms with van der Waals surface area (Å²) in [6.45, 7) is 7.59. The molecule has 3 rings (SSSR count). The van der Waals surface area contributed by atoms with E-state index in [1.165, 1.54) is 6.07 Å². The van der Waals surface area contributed by atoms with Gasteiger partial charge in [0.05, 0.1) is 4.34 Å². The van der Waals surface area contributed by atoms with Crippen molar-refractivity contribution in [3.63, 3.8) is 0 Å². The van der Waals surface area contributed by atoms with Gasteiger partial charge in [-0.05, 0) is 37.3 Å². The highest BCUT2D eigenvalue weighted by molar-refractivity contribution is 7.91. The number of thiophene rings is 1. The van der Waals surface area contributed by atoms with Gasteiger partial charge in [-0.3, -0.25) is 0 Å². The molecule has 2 bridgehead atoms. The summed E-state index contributed by atoms with van der Waals surface area (Å²) in [7, 11) is -3.59. The van der Waals surface area contributed by atoms with Gasteiger partial charge in [-0.15, -0.1) is 11.3 Å². The Kier molecular flexibility index (Phi) is 4.04. The van der Waals surface area contributed by atoms with Gasteiger partial charge in [0, 0.05) is 12.8 Å². The average Bonchev–Trinajstić information content (AvgIpc) is 2.94. The third kappa shape index (κ3) is 2.72. The zero-order chi connectivity index (χ0) is 15.1. The van der Waals surface area contributed by atoms with Crippen molar-refractivity contribution >= 4 is 33.0 Å². The molecule has 1 aromatic rings. The minimum Gasteiger partial charge on any atom is -0.309 e. The van der Waals surface area contributed by atoms with Crippen LogP contribution in [0.1, 0.15) is 38.5 Å². The topological polar surface area (TPSA) is 50.5 Å². The monoisotopic (exact) mass is 344 g/mol. The molecule has 2 aliphatic carbocycles. The van der Waals surface area contributed by atoms with Gasteiger partial charge in [0.1, 0.15) is 10.3 Å². The summed E-state index contributed by atoms with van der Waals surface area (Å²) in [5.74, 6) is 0.284. The van der Waals surface area contributed by atoms with E-state index >= 15 is 0 Å². The van der Waals surface area contributed by atoms with Crippen LogP contribution in [0.5, 0.6) is 0 Å². The van der Waals surface area contributed by atoms with Crippen molar-refractivity contribution in [1.29, 1.82) is 0 Å². The lowest BCUT2D eigenvalue weighted by molar-refractivity contribution is 0.372. The van der Waals surface area contributed by atoms with Crippen LogP contribution in [0, 0.1) is 12.5 Å². The molecule has 1 heterocycles. The van der Waals surface area contributed by atoms with Crippen LogP contribution in [0.3, 0.4) is 0 Å². The predicted molar refractivity (Wildman–Crippen MR) is 84.0 cm³/mol. The van der Waals surface area contributed by atoms with Crippen molar-refractivity contribution in [2.45, 2.75) is 54.3 Å². The first-order valence-electron chi connectivity index (χ1n) is 7.13. The second-order valence-corrected chi connectivity index (χ2v) is 9.57. The van der Waals surface area contributed by atoms with Crippen LogP contribution in [-0.2, 0) is 10.0 Å². The normalized spacial score (nSPS) is 32.6. The number of sulfonamides is 1. The minimum atomic E-state index is -3.59. The van der Waals surface area contributed by atoms with Gasteiger partial charge >= 0.3 is 0 Å². The second-order valence-electron chi connectivity index (χ2n) is 5.92. The van der Waals surface area contributed by atoms with Crippen LogP contribution in [0.15, 0.2) is 16.3 Å². The standard InChI is InChI=1S/C14H17ClN2O2S2/c1-16-14-8-3-2-4-10(7-9-14)13(14)17-21(18,19)12-6-5-11(15)20-12/h5-6,10,13,17H,2-4,7-9H2. The van der Waals surface area contributed by atoms with Crippen LogP contribution in [0.2, 0.25) is 4.34 Å². The third-order valence-corrected chi connectivity index (χ3v) is 7.92. The van der Waals surface area contributed by atoms with Crippen molar-refractivity contribution < 1.29 is 8.42 Å². The lowest BCUT2D eigenvalue weighted by Crippen LogP contribution is -2.49. The summed E-state index contributed by atoms with van der Waals surface area (Å²) in [5, 5.41) is 0. The Morgan fingerprint density at radius 3 is 2.81 bits per heavy atom. The summed E-state index contributed by atoms with van der Waals surface area (Å²) in [4.78, 5) is 3.86. The van der Waals surface area contributed by atoms with E-state index < -0.39 is 15.6 Å². The SMILES string of the molecule is [C-]#[N+]C12CCCCC(CC1)C2NS(=O)(=O)c1ccc(Cl)s1. The van der Waals surface area contributed by atoms with Gasteiger partial charge in [0.25, 0.3) is 10.0 Å². The molecule has 0 amide bonds. The molecule has 21 heavy (non-hydrogen) atoms. The Balaban J connectivity index is 1.91. The fourth-order valence-electron chi connectivity index (χ4n) is 3.68. The smallest absolute Gasteiger partial charge is 0.250 e. The first-order valence-corrected chi connectivity index (χ1v) is 9.81. The highest BCUT2D eigenvalue weighted by Gasteiger charge is 2.56. The zero-order valence-electron chi connectivity index (χ0n) is 11.5. The molecule has 7 heteroatoms. The molecule has 0 radical (unpaired) electrons. The highest BCUT2D eigenvalue weighted by atomic mass is 35.5. The largest absolute Gasteiger partial charge is 0.309 e. The number of hydrogen-bond donors (Lipinski definition) is 1. The molecule has 3 atom stereocenters. The lowest BCUT2D eigenvalue weighted by Gasteiger charge is -2.25. The summed E-state index contributed by atoms with van der Waals surface area (Å²) in [6, 6.07) is 2.86. The molecule has 0 spiro atoms. The summed E-state index contributed by atoms with van der Waals surface area (Å²) < 4.78 is 28.6. The Morgan fingerprint density at radius 2 is 2.14 bits per heavy atom. The molecule has 0 saturated heterocycles. The summed E-state index contributed by atoms with van der Waals surface area (Å²) >= 11 is 6.89. The molecule has 3 unspecified atom stereocenters. The first kappa shape index (κ1) is 15.3. The molecule has 1 aromatic heterocycles. The fourth-order valence-corrected chi connectivity index (χ4v) is 6.56. The second kappa shape index (κ2) is 5.54. The van der Waals surface area contributed by atoms with Crippen molar-refractivity contribution in [3.05, 3.63) is 27.9 Å². The van der Waals surface area contributed by atoms with Crippen LogP contribution in [0.4, 0.5) is 0 Å². The van der Waals surface area contributed by atoms with Crippen LogP contribution >= 0.6 is 22.9 Å². The minimum absolute atomic E-state index is 0.233. The van der Waals surface area contributed by atoms with E-state index in [-0.39, 0.29) is 16.2 Å². The maximum atomic E-state index is 12.5. The number of nitrogens with zero attached hydrogens (tertiary/aromatic N) is 1. The van der Waals surface area contributed by atoms with Gasteiger partial charge in [0.2, 0.25) is 5.54 Å². The maximum Gasteiger partial charge on any atom is 0.250 e. The van der Waals surface area contributed by atoms with Gasteiger partial charge in [-0.1, -0.05) is 18.0 Å². The number of fused-ring (bicyclic) bond motifs is 2. The maximum absolute atomic E-state index is 12.5.